The van der Waals surface area contributed by atoms with Crippen LogP contribution < -0.4 is 10.6 Å². The van der Waals surface area contributed by atoms with Crippen molar-refractivity contribution in [1.29, 1.82) is 0 Å². The standard InChI is InChI=1S/C22H36N4O/c1-17(2)16-26-12-9-20(10-13-26)25-22(23-3)24-15-19-11-14-27-21(19)18-7-5-4-6-8-18/h4-8,17,19-21H,9-16H2,1-3H3,(H2,23,24,25). The molecule has 3 rings (SSSR count). The van der Waals surface area contributed by atoms with Crippen LogP contribution in [0.1, 0.15) is 44.8 Å². The second-order valence-corrected chi connectivity index (χ2v) is 8.32. The molecular formula is C22H36N4O. The van der Waals surface area contributed by atoms with E-state index in [1.54, 1.807) is 0 Å². The molecule has 27 heavy (non-hydrogen) atoms. The lowest BCUT2D eigenvalue weighted by Gasteiger charge is -2.34. The number of likely N-dealkylation sites (tertiary alicyclic amines) is 1. The highest BCUT2D eigenvalue weighted by Crippen LogP contribution is 2.33. The smallest absolute Gasteiger partial charge is 0.191 e. The molecule has 5 heteroatoms. The zero-order valence-electron chi connectivity index (χ0n) is 17.2. The minimum Gasteiger partial charge on any atom is -0.373 e. The number of aliphatic imine (C=N–C) groups is 1. The van der Waals surface area contributed by atoms with E-state index in [2.05, 4.69) is 64.7 Å². The lowest BCUT2D eigenvalue weighted by atomic mass is 9.95. The molecule has 0 radical (unpaired) electrons. The van der Waals surface area contributed by atoms with Gasteiger partial charge in [-0.2, -0.15) is 0 Å². The Bertz CT molecular complexity index is 581. The van der Waals surface area contributed by atoms with Crippen LogP contribution in [0.4, 0.5) is 0 Å². The molecule has 150 valence electrons. The molecule has 0 aromatic heterocycles. The monoisotopic (exact) mass is 372 g/mol. The first-order valence-corrected chi connectivity index (χ1v) is 10.5. The molecule has 5 nitrogen and oxygen atoms in total. The van der Waals surface area contributed by atoms with Crippen molar-refractivity contribution >= 4 is 5.96 Å². The van der Waals surface area contributed by atoms with Gasteiger partial charge in [0.05, 0.1) is 6.10 Å². The average molecular weight is 373 g/mol. The van der Waals surface area contributed by atoms with Gasteiger partial charge in [-0.25, -0.2) is 0 Å². The minimum atomic E-state index is 0.191. The molecule has 1 aromatic carbocycles. The summed E-state index contributed by atoms with van der Waals surface area (Å²) in [6.45, 7) is 9.90. The van der Waals surface area contributed by atoms with Crippen LogP contribution in [0.5, 0.6) is 0 Å². The lowest BCUT2D eigenvalue weighted by Crippen LogP contribution is -2.49. The second kappa shape index (κ2) is 10.1. The van der Waals surface area contributed by atoms with Crippen LogP contribution in [-0.4, -0.2) is 56.7 Å². The highest BCUT2D eigenvalue weighted by molar-refractivity contribution is 5.80. The summed E-state index contributed by atoms with van der Waals surface area (Å²) in [5, 5.41) is 7.18. The van der Waals surface area contributed by atoms with Crippen LogP contribution in [0.3, 0.4) is 0 Å². The van der Waals surface area contributed by atoms with E-state index in [1.165, 1.54) is 38.0 Å². The highest BCUT2D eigenvalue weighted by Gasteiger charge is 2.29. The van der Waals surface area contributed by atoms with Crippen LogP contribution in [-0.2, 0) is 4.74 Å². The molecule has 2 aliphatic rings. The van der Waals surface area contributed by atoms with Crippen LogP contribution in [0.25, 0.3) is 0 Å². The molecule has 2 unspecified atom stereocenters. The van der Waals surface area contributed by atoms with Crippen molar-refractivity contribution in [3.8, 4) is 0 Å². The number of benzene rings is 1. The van der Waals surface area contributed by atoms with Crippen molar-refractivity contribution in [2.24, 2.45) is 16.8 Å². The quantitative estimate of drug-likeness (QED) is 0.595. The lowest BCUT2D eigenvalue weighted by molar-refractivity contribution is 0.0915. The predicted octanol–water partition coefficient (Wildman–Crippen LogP) is 3.05. The third kappa shape index (κ3) is 5.94. The van der Waals surface area contributed by atoms with Gasteiger partial charge in [0.15, 0.2) is 5.96 Å². The van der Waals surface area contributed by atoms with Gasteiger partial charge in [0, 0.05) is 51.8 Å². The predicted molar refractivity (Wildman–Crippen MR) is 112 cm³/mol. The molecule has 0 saturated carbocycles. The topological polar surface area (TPSA) is 48.9 Å². The molecule has 2 heterocycles. The van der Waals surface area contributed by atoms with E-state index in [9.17, 15) is 0 Å². The zero-order valence-corrected chi connectivity index (χ0v) is 17.2. The van der Waals surface area contributed by atoms with Crippen LogP contribution >= 0.6 is 0 Å². The number of hydrogen-bond acceptors (Lipinski definition) is 3. The summed E-state index contributed by atoms with van der Waals surface area (Å²) in [4.78, 5) is 7.03. The fraction of sp³-hybridized carbons (Fsp3) is 0.682. The first kappa shape index (κ1) is 20.2. The van der Waals surface area contributed by atoms with E-state index in [1.807, 2.05) is 7.05 Å². The number of hydrogen-bond donors (Lipinski definition) is 2. The SMILES string of the molecule is CN=C(NCC1CCOC1c1ccccc1)NC1CCN(CC(C)C)CC1. The Morgan fingerprint density at radius 3 is 2.59 bits per heavy atom. The summed E-state index contributed by atoms with van der Waals surface area (Å²) in [6, 6.07) is 11.1. The molecule has 2 atom stereocenters. The molecule has 2 fully saturated rings. The maximum Gasteiger partial charge on any atom is 0.191 e. The summed E-state index contributed by atoms with van der Waals surface area (Å²) < 4.78 is 6.01. The van der Waals surface area contributed by atoms with Gasteiger partial charge >= 0.3 is 0 Å². The van der Waals surface area contributed by atoms with Gasteiger partial charge in [0.1, 0.15) is 0 Å². The van der Waals surface area contributed by atoms with Gasteiger partial charge in [-0.05, 0) is 30.7 Å². The van der Waals surface area contributed by atoms with Crippen molar-refractivity contribution < 1.29 is 4.74 Å². The maximum absolute atomic E-state index is 6.01. The number of guanidine groups is 1. The van der Waals surface area contributed by atoms with Gasteiger partial charge < -0.3 is 20.3 Å². The Morgan fingerprint density at radius 2 is 1.93 bits per heavy atom. The van der Waals surface area contributed by atoms with Gasteiger partial charge in [-0.3, -0.25) is 4.99 Å². The molecule has 1 aromatic rings. The third-order valence-corrected chi connectivity index (χ3v) is 5.65. The average Bonchev–Trinajstić information content (AvgIpc) is 3.15. The Labute approximate surface area is 164 Å². The van der Waals surface area contributed by atoms with Crippen LogP contribution in [0.2, 0.25) is 0 Å². The summed E-state index contributed by atoms with van der Waals surface area (Å²) in [7, 11) is 1.86. The van der Waals surface area contributed by atoms with Gasteiger partial charge in [0.2, 0.25) is 0 Å². The van der Waals surface area contributed by atoms with Crippen LogP contribution in [0.15, 0.2) is 35.3 Å². The first-order chi connectivity index (χ1) is 13.2. The molecule has 2 N–H and O–H groups in total. The summed E-state index contributed by atoms with van der Waals surface area (Å²) in [5.74, 6) is 2.16. The fourth-order valence-electron chi connectivity index (χ4n) is 4.25. The second-order valence-electron chi connectivity index (χ2n) is 8.32. The summed E-state index contributed by atoms with van der Waals surface area (Å²) in [5.41, 5.74) is 1.28. The number of rotatable bonds is 6. The Morgan fingerprint density at radius 1 is 1.19 bits per heavy atom. The Kier molecular flexibility index (Phi) is 7.53. The van der Waals surface area contributed by atoms with Gasteiger partial charge in [0.25, 0.3) is 0 Å². The fourth-order valence-corrected chi connectivity index (χ4v) is 4.25. The highest BCUT2D eigenvalue weighted by atomic mass is 16.5. The van der Waals surface area contributed by atoms with E-state index in [0.717, 1.165) is 31.4 Å². The van der Waals surface area contributed by atoms with E-state index in [0.29, 0.717) is 12.0 Å². The van der Waals surface area contributed by atoms with E-state index in [4.69, 9.17) is 4.74 Å². The first-order valence-electron chi connectivity index (χ1n) is 10.5. The van der Waals surface area contributed by atoms with Crippen molar-refractivity contribution in [3.63, 3.8) is 0 Å². The number of piperidine rings is 1. The van der Waals surface area contributed by atoms with E-state index < -0.39 is 0 Å². The summed E-state index contributed by atoms with van der Waals surface area (Å²) in [6.07, 6.45) is 3.66. The van der Waals surface area contributed by atoms with Crippen LogP contribution in [0, 0.1) is 11.8 Å². The molecule has 0 spiro atoms. The molecular weight excluding hydrogens is 336 g/mol. The zero-order chi connectivity index (χ0) is 19.1. The van der Waals surface area contributed by atoms with Crippen molar-refractivity contribution in [2.75, 3.05) is 39.8 Å². The number of nitrogens with one attached hydrogen (secondary N) is 2. The van der Waals surface area contributed by atoms with E-state index in [-0.39, 0.29) is 6.10 Å². The summed E-state index contributed by atoms with van der Waals surface area (Å²) >= 11 is 0. The Balaban J connectivity index is 1.44. The Hall–Kier alpha value is -1.59. The molecule has 2 aliphatic heterocycles. The van der Waals surface area contributed by atoms with Crippen molar-refractivity contribution in [2.45, 2.75) is 45.3 Å². The third-order valence-electron chi connectivity index (χ3n) is 5.65. The van der Waals surface area contributed by atoms with E-state index >= 15 is 0 Å². The number of nitrogens with zero attached hydrogens (tertiary/aromatic N) is 2. The molecule has 0 bridgehead atoms. The maximum atomic E-state index is 6.01. The van der Waals surface area contributed by atoms with Gasteiger partial charge in [-0.15, -0.1) is 0 Å². The molecule has 0 aliphatic carbocycles. The molecule has 2 saturated heterocycles. The largest absolute Gasteiger partial charge is 0.373 e. The van der Waals surface area contributed by atoms with Crippen molar-refractivity contribution in [3.05, 3.63) is 35.9 Å². The number of ether oxygens (including phenoxy) is 1. The minimum absolute atomic E-state index is 0.191. The molecule has 0 amide bonds. The van der Waals surface area contributed by atoms with Crippen molar-refractivity contribution in [1.82, 2.24) is 15.5 Å². The van der Waals surface area contributed by atoms with Gasteiger partial charge in [-0.1, -0.05) is 44.2 Å². The normalized spacial score (nSPS) is 25.1.